The first-order valence-corrected chi connectivity index (χ1v) is 12.2. The van der Waals surface area contributed by atoms with Crippen molar-refractivity contribution < 1.29 is 9.59 Å². The summed E-state index contributed by atoms with van der Waals surface area (Å²) in [4.78, 5) is 31.7. The van der Waals surface area contributed by atoms with Gasteiger partial charge in [0.15, 0.2) is 0 Å². The summed E-state index contributed by atoms with van der Waals surface area (Å²) in [5, 5.41) is 0. The third kappa shape index (κ3) is 4.30. The number of carbonyl (C=O) groups excluding carboxylic acids is 2. The van der Waals surface area contributed by atoms with E-state index in [1.54, 1.807) is 0 Å². The highest BCUT2D eigenvalue weighted by molar-refractivity contribution is 5.97. The van der Waals surface area contributed by atoms with Crippen molar-refractivity contribution in [2.75, 3.05) is 42.5 Å². The van der Waals surface area contributed by atoms with Gasteiger partial charge in [-0.3, -0.25) is 9.59 Å². The number of nitrogens with zero attached hydrogens (tertiary/aromatic N) is 3. The van der Waals surface area contributed by atoms with Crippen molar-refractivity contribution in [3.8, 4) is 11.1 Å². The van der Waals surface area contributed by atoms with Crippen LogP contribution in [0, 0.1) is 5.92 Å². The Morgan fingerprint density at radius 2 is 1.44 bits per heavy atom. The van der Waals surface area contributed by atoms with Gasteiger partial charge in [0.2, 0.25) is 5.91 Å². The molecule has 34 heavy (non-hydrogen) atoms. The van der Waals surface area contributed by atoms with Crippen LogP contribution in [0.5, 0.6) is 0 Å². The molecule has 0 atom stereocenters. The number of hydrogen-bond acceptors (Lipinski definition) is 3. The molecule has 2 heterocycles. The maximum atomic E-state index is 13.1. The molecule has 0 saturated carbocycles. The topological polar surface area (TPSA) is 43.9 Å². The van der Waals surface area contributed by atoms with E-state index in [0.717, 1.165) is 61.5 Å². The highest BCUT2D eigenvalue weighted by Gasteiger charge is 2.26. The molecule has 3 aromatic rings. The Morgan fingerprint density at radius 3 is 2.12 bits per heavy atom. The van der Waals surface area contributed by atoms with Crippen molar-refractivity contribution in [1.82, 2.24) is 4.90 Å². The summed E-state index contributed by atoms with van der Waals surface area (Å²) in [5.74, 6) is 0.270. The third-order valence-electron chi connectivity index (χ3n) is 6.89. The minimum atomic E-state index is -0.00276. The van der Waals surface area contributed by atoms with Crippen LogP contribution in [-0.2, 0) is 11.2 Å². The number of amides is 2. The van der Waals surface area contributed by atoms with Gasteiger partial charge in [0, 0.05) is 55.6 Å². The standard InChI is InChI=1S/C29H31N3O2/c1-21(2)28(33)32-15-14-25-20-24(12-13-27(25)32)22-8-10-23(11-9-22)29(34)31-18-16-30(17-19-31)26-6-4-3-5-7-26/h3-13,20-21H,14-19H2,1-2H3. The van der Waals surface area contributed by atoms with Crippen LogP contribution in [0.1, 0.15) is 29.8 Å². The van der Waals surface area contributed by atoms with E-state index in [9.17, 15) is 9.59 Å². The zero-order valence-corrected chi connectivity index (χ0v) is 19.9. The average Bonchev–Trinajstić information content (AvgIpc) is 3.31. The molecule has 0 N–H and O–H groups in total. The number of piperazine rings is 1. The third-order valence-corrected chi connectivity index (χ3v) is 6.89. The molecule has 0 unspecified atom stereocenters. The molecule has 0 radical (unpaired) electrons. The van der Waals surface area contributed by atoms with Crippen LogP contribution in [-0.4, -0.2) is 49.4 Å². The lowest BCUT2D eigenvalue weighted by Crippen LogP contribution is -2.48. The van der Waals surface area contributed by atoms with E-state index in [0.29, 0.717) is 0 Å². The number of para-hydroxylation sites is 1. The summed E-state index contributed by atoms with van der Waals surface area (Å²) in [7, 11) is 0. The molecule has 0 aromatic heterocycles. The van der Waals surface area contributed by atoms with Crippen LogP contribution in [0.15, 0.2) is 72.8 Å². The summed E-state index contributed by atoms with van der Waals surface area (Å²) in [6, 6.07) is 24.6. The van der Waals surface area contributed by atoms with Gasteiger partial charge in [-0.15, -0.1) is 0 Å². The number of fused-ring (bicyclic) bond motifs is 1. The predicted octanol–water partition coefficient (Wildman–Crippen LogP) is 4.86. The zero-order chi connectivity index (χ0) is 23.7. The summed E-state index contributed by atoms with van der Waals surface area (Å²) in [6.07, 6.45) is 0.882. The number of benzene rings is 3. The van der Waals surface area contributed by atoms with Crippen molar-refractivity contribution in [1.29, 1.82) is 0 Å². The van der Waals surface area contributed by atoms with Crippen LogP contribution in [0.25, 0.3) is 11.1 Å². The molecule has 2 aliphatic rings. The van der Waals surface area contributed by atoms with Crippen LogP contribution >= 0.6 is 0 Å². The Hall–Kier alpha value is -3.60. The molecule has 1 saturated heterocycles. The summed E-state index contributed by atoms with van der Waals surface area (Å²) < 4.78 is 0. The molecule has 0 bridgehead atoms. The molecule has 5 heteroatoms. The Morgan fingerprint density at radius 1 is 0.765 bits per heavy atom. The number of hydrogen-bond donors (Lipinski definition) is 0. The van der Waals surface area contributed by atoms with Gasteiger partial charge in [0.1, 0.15) is 0 Å². The molecule has 0 aliphatic carbocycles. The Bertz CT molecular complexity index is 1180. The van der Waals surface area contributed by atoms with E-state index in [1.807, 2.05) is 54.0 Å². The predicted molar refractivity (Wildman–Crippen MR) is 137 cm³/mol. The molecular formula is C29H31N3O2. The molecule has 2 amide bonds. The van der Waals surface area contributed by atoms with Gasteiger partial charge >= 0.3 is 0 Å². The molecule has 2 aliphatic heterocycles. The molecule has 5 nitrogen and oxygen atoms in total. The first-order chi connectivity index (χ1) is 16.5. The van der Waals surface area contributed by atoms with Gasteiger partial charge in [-0.05, 0) is 59.5 Å². The quantitative estimate of drug-likeness (QED) is 0.567. The van der Waals surface area contributed by atoms with Gasteiger partial charge in [0.05, 0.1) is 0 Å². The molecule has 3 aromatic carbocycles. The maximum Gasteiger partial charge on any atom is 0.253 e. The number of anilines is 2. The monoisotopic (exact) mass is 453 g/mol. The first kappa shape index (κ1) is 22.2. The lowest BCUT2D eigenvalue weighted by Gasteiger charge is -2.36. The van der Waals surface area contributed by atoms with E-state index in [4.69, 9.17) is 0 Å². The van der Waals surface area contributed by atoms with Gasteiger partial charge in [0.25, 0.3) is 5.91 Å². The minimum Gasteiger partial charge on any atom is -0.368 e. The fourth-order valence-electron chi connectivity index (χ4n) is 4.92. The van der Waals surface area contributed by atoms with Crippen molar-refractivity contribution in [2.45, 2.75) is 20.3 Å². The molecule has 5 rings (SSSR count). The number of carbonyl (C=O) groups is 2. The maximum absolute atomic E-state index is 13.1. The summed E-state index contributed by atoms with van der Waals surface area (Å²) >= 11 is 0. The fourth-order valence-corrected chi connectivity index (χ4v) is 4.92. The second-order valence-electron chi connectivity index (χ2n) is 9.43. The lowest BCUT2D eigenvalue weighted by atomic mass is 10.00. The normalized spacial score (nSPS) is 15.6. The number of rotatable bonds is 4. The smallest absolute Gasteiger partial charge is 0.253 e. The fraction of sp³-hybridized carbons (Fsp3) is 0.310. The van der Waals surface area contributed by atoms with Crippen molar-refractivity contribution in [2.24, 2.45) is 5.92 Å². The highest BCUT2D eigenvalue weighted by atomic mass is 16.2. The van der Waals surface area contributed by atoms with Crippen molar-refractivity contribution in [3.63, 3.8) is 0 Å². The zero-order valence-electron chi connectivity index (χ0n) is 19.9. The first-order valence-electron chi connectivity index (χ1n) is 12.2. The summed E-state index contributed by atoms with van der Waals surface area (Å²) in [6.45, 7) is 7.79. The lowest BCUT2D eigenvalue weighted by molar-refractivity contribution is -0.121. The van der Waals surface area contributed by atoms with Crippen molar-refractivity contribution in [3.05, 3.63) is 83.9 Å². The second-order valence-corrected chi connectivity index (χ2v) is 9.43. The van der Waals surface area contributed by atoms with E-state index in [2.05, 4.69) is 47.4 Å². The van der Waals surface area contributed by atoms with Crippen LogP contribution in [0.2, 0.25) is 0 Å². The van der Waals surface area contributed by atoms with Crippen LogP contribution in [0.4, 0.5) is 11.4 Å². The SMILES string of the molecule is CC(C)C(=O)N1CCc2cc(-c3ccc(C(=O)N4CCN(c5ccccc5)CC4)cc3)ccc21. The van der Waals surface area contributed by atoms with Crippen molar-refractivity contribution >= 4 is 23.2 Å². The van der Waals surface area contributed by atoms with Crippen LogP contribution < -0.4 is 9.80 Å². The van der Waals surface area contributed by atoms with Crippen LogP contribution in [0.3, 0.4) is 0 Å². The van der Waals surface area contributed by atoms with E-state index >= 15 is 0 Å². The minimum absolute atomic E-state index is 0.00276. The average molecular weight is 454 g/mol. The van der Waals surface area contributed by atoms with Gasteiger partial charge < -0.3 is 14.7 Å². The highest BCUT2D eigenvalue weighted by Crippen LogP contribution is 2.33. The molecule has 1 fully saturated rings. The Kier molecular flexibility index (Phi) is 6.10. The van der Waals surface area contributed by atoms with Gasteiger partial charge in [-0.1, -0.05) is 50.2 Å². The van der Waals surface area contributed by atoms with E-state index in [-0.39, 0.29) is 17.7 Å². The second kappa shape index (κ2) is 9.34. The molecular weight excluding hydrogens is 422 g/mol. The summed E-state index contributed by atoms with van der Waals surface area (Å²) in [5.41, 5.74) is 6.39. The van der Waals surface area contributed by atoms with Gasteiger partial charge in [-0.25, -0.2) is 0 Å². The Balaban J connectivity index is 1.25. The van der Waals surface area contributed by atoms with Gasteiger partial charge in [-0.2, -0.15) is 0 Å². The molecule has 0 spiro atoms. The Labute approximate surface area is 201 Å². The van der Waals surface area contributed by atoms with E-state index in [1.165, 1.54) is 11.3 Å². The van der Waals surface area contributed by atoms with E-state index < -0.39 is 0 Å². The molecule has 174 valence electrons. The largest absolute Gasteiger partial charge is 0.368 e.